The number of hydrogen-bond donors (Lipinski definition) is 2. The highest BCUT2D eigenvalue weighted by Gasteiger charge is 2.21. The fraction of sp³-hybridized carbons (Fsp3) is 0.500. The number of aliphatic imine (C=N–C) groups is 1. The first-order chi connectivity index (χ1) is 14.3. The first-order valence-electron chi connectivity index (χ1n) is 10.2. The van der Waals surface area contributed by atoms with Crippen LogP contribution in [-0.2, 0) is 11.3 Å². The summed E-state index contributed by atoms with van der Waals surface area (Å²) < 4.78 is 2.11. The molecule has 3 rings (SSSR count). The Morgan fingerprint density at radius 3 is 2.48 bits per heavy atom. The number of carbonyl (C=O) groups is 1. The topological polar surface area (TPSA) is 90.7 Å². The van der Waals surface area contributed by atoms with Crippen molar-refractivity contribution in [2.45, 2.75) is 19.9 Å². The number of rotatable bonds is 8. The van der Waals surface area contributed by atoms with Gasteiger partial charge in [0.15, 0.2) is 5.96 Å². The number of amides is 1. The third kappa shape index (κ3) is 6.48. The summed E-state index contributed by atoms with van der Waals surface area (Å²) in [7, 11) is 0. The largest absolute Gasteiger partial charge is 0.357 e. The van der Waals surface area contributed by atoms with Gasteiger partial charge >= 0.3 is 0 Å². The van der Waals surface area contributed by atoms with E-state index < -0.39 is 0 Å². The van der Waals surface area contributed by atoms with Gasteiger partial charge in [-0.25, -0.2) is 9.97 Å². The lowest BCUT2D eigenvalue weighted by Gasteiger charge is -2.34. The van der Waals surface area contributed by atoms with Crippen LogP contribution in [0, 0.1) is 0 Å². The van der Waals surface area contributed by atoms with Gasteiger partial charge in [-0.3, -0.25) is 9.79 Å². The van der Waals surface area contributed by atoms with Gasteiger partial charge in [0, 0.05) is 77.0 Å². The summed E-state index contributed by atoms with van der Waals surface area (Å²) in [6.07, 6.45) is 7.97. The molecule has 0 aliphatic carbocycles. The molecule has 29 heavy (non-hydrogen) atoms. The van der Waals surface area contributed by atoms with Crippen LogP contribution < -0.4 is 15.5 Å². The van der Waals surface area contributed by atoms with Crippen molar-refractivity contribution in [2.24, 2.45) is 4.99 Å². The predicted octanol–water partition coefficient (Wildman–Crippen LogP) is 0.572. The highest BCUT2D eigenvalue weighted by atomic mass is 16.2. The standard InChI is InChI=1S/C20H30N8O/c1-2-21-19(23-10-13-26-11-3-4-12-26)22-9-6-18(29)27-14-16-28(17-15-27)20-24-7-5-8-25-20/h3-5,7-8,11-12H,2,6,9-10,13-17H2,1H3,(H2,21,22,23). The molecule has 1 amide bonds. The second-order valence-corrected chi connectivity index (χ2v) is 6.77. The molecule has 2 aromatic rings. The van der Waals surface area contributed by atoms with Gasteiger partial charge in [0.05, 0.1) is 6.54 Å². The Bertz CT molecular complexity index is 754. The van der Waals surface area contributed by atoms with E-state index >= 15 is 0 Å². The van der Waals surface area contributed by atoms with Crippen LogP contribution in [0.4, 0.5) is 5.95 Å². The SMILES string of the molecule is CCNC(=NCCC(=O)N1CCN(c2ncccn2)CC1)NCCn1cccc1. The van der Waals surface area contributed by atoms with E-state index in [9.17, 15) is 4.79 Å². The molecule has 0 bridgehead atoms. The van der Waals surface area contributed by atoms with E-state index in [0.717, 1.165) is 44.6 Å². The average molecular weight is 399 g/mol. The molecule has 9 nitrogen and oxygen atoms in total. The summed E-state index contributed by atoms with van der Waals surface area (Å²) in [4.78, 5) is 29.6. The van der Waals surface area contributed by atoms with Crippen molar-refractivity contribution in [3.63, 3.8) is 0 Å². The Morgan fingerprint density at radius 1 is 1.07 bits per heavy atom. The van der Waals surface area contributed by atoms with Gasteiger partial charge in [-0.05, 0) is 25.1 Å². The number of aromatic nitrogens is 3. The van der Waals surface area contributed by atoms with Crippen molar-refractivity contribution in [3.8, 4) is 0 Å². The van der Waals surface area contributed by atoms with Crippen LogP contribution >= 0.6 is 0 Å². The quantitative estimate of drug-likeness (QED) is 0.499. The zero-order chi connectivity index (χ0) is 20.3. The molecule has 0 saturated carbocycles. The molecule has 1 aliphatic rings. The predicted molar refractivity (Wildman–Crippen MR) is 114 cm³/mol. The number of guanidine groups is 1. The van der Waals surface area contributed by atoms with Gasteiger partial charge in [0.25, 0.3) is 0 Å². The molecule has 0 aromatic carbocycles. The van der Waals surface area contributed by atoms with E-state index in [-0.39, 0.29) is 5.91 Å². The van der Waals surface area contributed by atoms with Crippen molar-refractivity contribution >= 4 is 17.8 Å². The number of carbonyl (C=O) groups excluding carboxylic acids is 1. The molecule has 9 heteroatoms. The van der Waals surface area contributed by atoms with Gasteiger partial charge in [-0.2, -0.15) is 0 Å². The summed E-state index contributed by atoms with van der Waals surface area (Å²) in [5.41, 5.74) is 0. The third-order valence-electron chi connectivity index (χ3n) is 4.74. The van der Waals surface area contributed by atoms with E-state index in [1.54, 1.807) is 18.5 Å². The van der Waals surface area contributed by atoms with Crippen LogP contribution in [0.2, 0.25) is 0 Å². The van der Waals surface area contributed by atoms with Crippen LogP contribution in [-0.4, -0.2) is 77.1 Å². The van der Waals surface area contributed by atoms with Gasteiger partial charge < -0.3 is 25.0 Å². The van der Waals surface area contributed by atoms with Gasteiger partial charge in [0.2, 0.25) is 11.9 Å². The van der Waals surface area contributed by atoms with E-state index in [1.165, 1.54) is 0 Å². The zero-order valence-corrected chi connectivity index (χ0v) is 17.0. The van der Waals surface area contributed by atoms with Crippen LogP contribution in [0.25, 0.3) is 0 Å². The molecule has 1 aliphatic heterocycles. The van der Waals surface area contributed by atoms with E-state index in [4.69, 9.17) is 0 Å². The fourth-order valence-corrected chi connectivity index (χ4v) is 3.20. The molecule has 3 heterocycles. The Labute approximate surface area is 171 Å². The van der Waals surface area contributed by atoms with Crippen LogP contribution in [0.5, 0.6) is 0 Å². The van der Waals surface area contributed by atoms with Gasteiger partial charge in [0.1, 0.15) is 0 Å². The van der Waals surface area contributed by atoms with Gasteiger partial charge in [-0.1, -0.05) is 0 Å². The Kier molecular flexibility index (Phi) is 7.85. The maximum Gasteiger partial charge on any atom is 0.225 e. The number of anilines is 1. The summed E-state index contributed by atoms with van der Waals surface area (Å²) in [5, 5.41) is 6.53. The summed E-state index contributed by atoms with van der Waals surface area (Å²) in [5.74, 6) is 1.62. The average Bonchev–Trinajstić information content (AvgIpc) is 3.28. The maximum atomic E-state index is 12.5. The number of piperazine rings is 1. The lowest BCUT2D eigenvalue weighted by Crippen LogP contribution is -2.49. The molecule has 2 aromatic heterocycles. The first kappa shape index (κ1) is 20.6. The number of nitrogens with zero attached hydrogens (tertiary/aromatic N) is 6. The summed E-state index contributed by atoms with van der Waals surface area (Å²) in [6.45, 7) is 7.82. The lowest BCUT2D eigenvalue weighted by atomic mass is 10.3. The Hall–Kier alpha value is -3.10. The highest BCUT2D eigenvalue weighted by Crippen LogP contribution is 2.10. The molecule has 1 fully saturated rings. The maximum absolute atomic E-state index is 12.5. The smallest absolute Gasteiger partial charge is 0.225 e. The molecule has 0 unspecified atom stereocenters. The van der Waals surface area contributed by atoms with Crippen LogP contribution in [0.3, 0.4) is 0 Å². The monoisotopic (exact) mass is 398 g/mol. The molecule has 156 valence electrons. The normalized spacial score (nSPS) is 14.7. The summed E-state index contributed by atoms with van der Waals surface area (Å²) >= 11 is 0. The van der Waals surface area contributed by atoms with Crippen molar-refractivity contribution in [1.82, 2.24) is 30.1 Å². The molecule has 0 radical (unpaired) electrons. The van der Waals surface area contributed by atoms with Crippen molar-refractivity contribution < 1.29 is 4.79 Å². The fourth-order valence-electron chi connectivity index (χ4n) is 3.20. The molecule has 0 atom stereocenters. The minimum absolute atomic E-state index is 0.144. The lowest BCUT2D eigenvalue weighted by molar-refractivity contribution is -0.131. The summed E-state index contributed by atoms with van der Waals surface area (Å²) in [6, 6.07) is 5.83. The molecule has 2 N–H and O–H groups in total. The number of hydrogen-bond acceptors (Lipinski definition) is 5. The number of nitrogens with one attached hydrogen (secondary N) is 2. The Balaban J connectivity index is 1.39. The molecule has 1 saturated heterocycles. The second-order valence-electron chi connectivity index (χ2n) is 6.77. The van der Waals surface area contributed by atoms with E-state index in [1.807, 2.05) is 36.4 Å². The van der Waals surface area contributed by atoms with E-state index in [0.29, 0.717) is 26.1 Å². The van der Waals surface area contributed by atoms with Crippen LogP contribution in [0.1, 0.15) is 13.3 Å². The second kappa shape index (κ2) is 11.0. The molecular formula is C20H30N8O. The van der Waals surface area contributed by atoms with Crippen molar-refractivity contribution in [2.75, 3.05) is 50.7 Å². The third-order valence-corrected chi connectivity index (χ3v) is 4.74. The van der Waals surface area contributed by atoms with Crippen LogP contribution in [0.15, 0.2) is 48.0 Å². The first-order valence-corrected chi connectivity index (χ1v) is 10.2. The molecule has 0 spiro atoms. The highest BCUT2D eigenvalue weighted by molar-refractivity contribution is 5.81. The van der Waals surface area contributed by atoms with Crippen molar-refractivity contribution in [1.29, 1.82) is 0 Å². The van der Waals surface area contributed by atoms with Gasteiger partial charge in [-0.15, -0.1) is 0 Å². The van der Waals surface area contributed by atoms with E-state index in [2.05, 4.69) is 35.1 Å². The Morgan fingerprint density at radius 2 is 1.79 bits per heavy atom. The minimum atomic E-state index is 0.144. The minimum Gasteiger partial charge on any atom is -0.357 e. The molecular weight excluding hydrogens is 368 g/mol. The zero-order valence-electron chi connectivity index (χ0n) is 17.0. The van der Waals surface area contributed by atoms with Crippen molar-refractivity contribution in [3.05, 3.63) is 43.0 Å².